The van der Waals surface area contributed by atoms with Crippen molar-refractivity contribution in [3.8, 4) is 0 Å². The zero-order chi connectivity index (χ0) is 18.8. The molecule has 0 aliphatic carbocycles. The number of hydrogen-bond donors (Lipinski definition) is 0. The monoisotopic (exact) mass is 361 g/mol. The molecule has 6 nitrogen and oxygen atoms in total. The fourth-order valence-corrected chi connectivity index (χ4v) is 4.79. The van der Waals surface area contributed by atoms with E-state index < -0.39 is 0 Å². The third-order valence-electron chi connectivity index (χ3n) is 6.40. The van der Waals surface area contributed by atoms with Crippen molar-refractivity contribution in [1.82, 2.24) is 14.6 Å². The lowest BCUT2D eigenvalue weighted by Crippen LogP contribution is -2.48. The van der Waals surface area contributed by atoms with Crippen LogP contribution in [-0.4, -0.2) is 40.6 Å². The van der Waals surface area contributed by atoms with Crippen LogP contribution in [0.15, 0.2) is 36.5 Å². The van der Waals surface area contributed by atoms with Crippen molar-refractivity contribution < 1.29 is 4.79 Å². The molecule has 1 amide bonds. The van der Waals surface area contributed by atoms with E-state index in [1.54, 1.807) is 6.20 Å². The second-order valence-electron chi connectivity index (χ2n) is 7.70. The predicted molar refractivity (Wildman–Crippen MR) is 105 cm³/mol. The number of aryl methyl sites for hydroxylation is 1. The Labute approximate surface area is 158 Å². The van der Waals surface area contributed by atoms with Crippen molar-refractivity contribution in [2.75, 3.05) is 29.9 Å². The van der Waals surface area contributed by atoms with Gasteiger partial charge in [-0.2, -0.15) is 9.61 Å². The van der Waals surface area contributed by atoms with Crippen LogP contribution in [0.2, 0.25) is 0 Å². The summed E-state index contributed by atoms with van der Waals surface area (Å²) in [5.74, 6) is 1.33. The largest absolute Gasteiger partial charge is 0.356 e. The third-order valence-corrected chi connectivity index (χ3v) is 6.40. The molecule has 0 bridgehead atoms. The fourth-order valence-electron chi connectivity index (χ4n) is 4.79. The van der Waals surface area contributed by atoms with Crippen molar-refractivity contribution in [1.29, 1.82) is 0 Å². The normalized spacial score (nSPS) is 18.6. The van der Waals surface area contributed by atoms with Crippen molar-refractivity contribution in [3.05, 3.63) is 53.3 Å². The fraction of sp³-hybridized carbons (Fsp3) is 0.381. The number of fused-ring (bicyclic) bond motifs is 3. The summed E-state index contributed by atoms with van der Waals surface area (Å²) in [5.41, 5.74) is 4.90. The minimum Gasteiger partial charge on any atom is -0.356 e. The first-order valence-electron chi connectivity index (χ1n) is 9.46. The highest BCUT2D eigenvalue weighted by atomic mass is 16.2. The number of hydrogen-bond acceptors (Lipinski definition) is 4. The van der Waals surface area contributed by atoms with Gasteiger partial charge in [-0.05, 0) is 38.3 Å². The molecule has 1 saturated heterocycles. The average molecular weight is 361 g/mol. The van der Waals surface area contributed by atoms with Gasteiger partial charge in [-0.1, -0.05) is 18.2 Å². The Morgan fingerprint density at radius 1 is 1.07 bits per heavy atom. The predicted octanol–water partition coefficient (Wildman–Crippen LogP) is 2.86. The molecular formula is C21H23N5O. The van der Waals surface area contributed by atoms with Crippen LogP contribution in [0, 0.1) is 13.8 Å². The van der Waals surface area contributed by atoms with Gasteiger partial charge in [0, 0.05) is 43.1 Å². The zero-order valence-electron chi connectivity index (χ0n) is 15.9. The first-order chi connectivity index (χ1) is 13.0. The SMILES string of the molecule is Cc1nc2ccnn2c(N2CCC3(CC2)C(=O)N(C)c2ccccc23)c1C. The van der Waals surface area contributed by atoms with Crippen molar-refractivity contribution >= 4 is 23.1 Å². The Kier molecular flexibility index (Phi) is 3.35. The molecule has 0 atom stereocenters. The number of piperidine rings is 1. The van der Waals surface area contributed by atoms with Crippen LogP contribution in [0.4, 0.5) is 11.5 Å². The lowest BCUT2D eigenvalue weighted by molar-refractivity contribution is -0.123. The van der Waals surface area contributed by atoms with E-state index in [2.05, 4.69) is 34.0 Å². The summed E-state index contributed by atoms with van der Waals surface area (Å²) in [5, 5.41) is 4.49. The number of likely N-dealkylation sites (N-methyl/N-ethyl adjacent to an activating group) is 1. The molecule has 2 aromatic heterocycles. The molecule has 0 saturated carbocycles. The molecule has 27 heavy (non-hydrogen) atoms. The lowest BCUT2D eigenvalue weighted by Gasteiger charge is -2.40. The highest BCUT2D eigenvalue weighted by Gasteiger charge is 2.51. The summed E-state index contributed by atoms with van der Waals surface area (Å²) in [6.07, 6.45) is 3.43. The smallest absolute Gasteiger partial charge is 0.237 e. The maximum Gasteiger partial charge on any atom is 0.237 e. The van der Waals surface area contributed by atoms with Gasteiger partial charge in [0.1, 0.15) is 5.82 Å². The Morgan fingerprint density at radius 2 is 1.81 bits per heavy atom. The first kappa shape index (κ1) is 16.3. The number of para-hydroxylation sites is 1. The molecule has 3 aromatic rings. The summed E-state index contributed by atoms with van der Waals surface area (Å²) >= 11 is 0. The molecule has 1 fully saturated rings. The van der Waals surface area contributed by atoms with Crippen LogP contribution in [0.5, 0.6) is 0 Å². The summed E-state index contributed by atoms with van der Waals surface area (Å²) in [6.45, 7) is 5.80. The summed E-state index contributed by atoms with van der Waals surface area (Å²) in [4.78, 5) is 22.0. The van der Waals surface area contributed by atoms with Gasteiger partial charge in [0.05, 0.1) is 11.6 Å². The lowest BCUT2D eigenvalue weighted by atomic mass is 9.73. The van der Waals surface area contributed by atoms with E-state index in [0.29, 0.717) is 0 Å². The quantitative estimate of drug-likeness (QED) is 0.669. The molecule has 0 N–H and O–H groups in total. The number of nitrogens with zero attached hydrogens (tertiary/aromatic N) is 5. The minimum absolute atomic E-state index is 0.232. The van der Waals surface area contributed by atoms with Crippen molar-refractivity contribution in [3.63, 3.8) is 0 Å². The standard InChI is InChI=1S/C21H23N5O/c1-14-15(2)23-18-8-11-22-26(18)19(14)25-12-9-21(10-13-25)16-6-4-5-7-17(16)24(3)20(21)27/h4-8,11H,9-10,12-13H2,1-3H3. The van der Waals surface area contributed by atoms with Gasteiger partial charge < -0.3 is 9.80 Å². The van der Waals surface area contributed by atoms with Gasteiger partial charge in [-0.25, -0.2) is 4.98 Å². The van der Waals surface area contributed by atoms with Crippen LogP contribution in [-0.2, 0) is 10.2 Å². The second kappa shape index (κ2) is 5.55. The maximum absolute atomic E-state index is 13.2. The number of aromatic nitrogens is 3. The number of anilines is 2. The number of benzene rings is 1. The van der Waals surface area contributed by atoms with Crippen LogP contribution in [0.25, 0.3) is 5.65 Å². The van der Waals surface area contributed by atoms with Crippen molar-refractivity contribution in [2.24, 2.45) is 0 Å². The van der Waals surface area contributed by atoms with Crippen LogP contribution >= 0.6 is 0 Å². The number of carbonyl (C=O) groups is 1. The maximum atomic E-state index is 13.2. The summed E-state index contributed by atoms with van der Waals surface area (Å²) in [7, 11) is 1.89. The van der Waals surface area contributed by atoms with E-state index in [1.165, 1.54) is 5.56 Å². The van der Waals surface area contributed by atoms with Gasteiger partial charge in [0.25, 0.3) is 0 Å². The van der Waals surface area contributed by atoms with E-state index in [4.69, 9.17) is 0 Å². The van der Waals surface area contributed by atoms with Gasteiger partial charge >= 0.3 is 0 Å². The second-order valence-corrected chi connectivity index (χ2v) is 7.70. The molecular weight excluding hydrogens is 338 g/mol. The van der Waals surface area contributed by atoms with Crippen LogP contribution in [0.1, 0.15) is 29.7 Å². The molecule has 1 aromatic carbocycles. The number of rotatable bonds is 1. The number of amides is 1. The van der Waals surface area contributed by atoms with Gasteiger partial charge in [-0.3, -0.25) is 4.79 Å². The van der Waals surface area contributed by atoms with E-state index in [-0.39, 0.29) is 11.3 Å². The molecule has 0 unspecified atom stereocenters. The minimum atomic E-state index is -0.388. The topological polar surface area (TPSA) is 53.7 Å². The summed E-state index contributed by atoms with van der Waals surface area (Å²) in [6, 6.07) is 10.2. The molecule has 6 heteroatoms. The van der Waals surface area contributed by atoms with Crippen LogP contribution in [0.3, 0.4) is 0 Å². The average Bonchev–Trinajstić information content (AvgIpc) is 3.22. The molecule has 138 valence electrons. The third kappa shape index (κ3) is 2.10. The molecule has 2 aliphatic heterocycles. The first-order valence-corrected chi connectivity index (χ1v) is 9.46. The highest BCUT2D eigenvalue weighted by Crippen LogP contribution is 2.47. The molecule has 5 rings (SSSR count). The molecule has 0 radical (unpaired) electrons. The van der Waals surface area contributed by atoms with E-state index in [9.17, 15) is 4.79 Å². The Bertz CT molecular complexity index is 1060. The molecule has 4 heterocycles. The van der Waals surface area contributed by atoms with Gasteiger partial charge in [0.2, 0.25) is 5.91 Å². The Balaban J connectivity index is 1.53. The zero-order valence-corrected chi connectivity index (χ0v) is 15.9. The molecule has 2 aliphatic rings. The Hall–Kier alpha value is -2.89. The molecule has 1 spiro atoms. The van der Waals surface area contributed by atoms with Gasteiger partial charge in [-0.15, -0.1) is 0 Å². The van der Waals surface area contributed by atoms with E-state index in [0.717, 1.165) is 54.3 Å². The van der Waals surface area contributed by atoms with E-state index >= 15 is 0 Å². The highest BCUT2D eigenvalue weighted by molar-refractivity contribution is 6.07. The Morgan fingerprint density at radius 3 is 2.59 bits per heavy atom. The van der Waals surface area contributed by atoms with Gasteiger partial charge in [0.15, 0.2) is 5.65 Å². The van der Waals surface area contributed by atoms with Crippen molar-refractivity contribution in [2.45, 2.75) is 32.1 Å². The van der Waals surface area contributed by atoms with E-state index in [1.807, 2.05) is 41.6 Å². The number of carbonyl (C=O) groups excluding carboxylic acids is 1. The van der Waals surface area contributed by atoms with Crippen LogP contribution < -0.4 is 9.80 Å². The summed E-state index contributed by atoms with van der Waals surface area (Å²) < 4.78 is 1.93.